The molecule has 2 aromatic rings. The lowest BCUT2D eigenvalue weighted by atomic mass is 10.00. The topological polar surface area (TPSA) is 49.7 Å². The average molecular weight is 329 g/mol. The maximum atomic E-state index is 11.8. The van der Waals surface area contributed by atoms with Crippen molar-refractivity contribution in [1.29, 1.82) is 0 Å². The van der Waals surface area contributed by atoms with Crippen molar-refractivity contribution in [3.8, 4) is 11.3 Å². The van der Waals surface area contributed by atoms with Crippen molar-refractivity contribution in [2.45, 2.75) is 12.8 Å². The van der Waals surface area contributed by atoms with Crippen molar-refractivity contribution in [3.63, 3.8) is 0 Å². The van der Waals surface area contributed by atoms with Crippen molar-refractivity contribution >= 4 is 28.1 Å². The van der Waals surface area contributed by atoms with Gasteiger partial charge in [-0.15, -0.1) is 11.3 Å². The van der Waals surface area contributed by atoms with Crippen LogP contribution in [0.4, 0.5) is 10.8 Å². The van der Waals surface area contributed by atoms with Crippen LogP contribution in [0.3, 0.4) is 0 Å². The largest absolute Gasteiger partial charge is 0.337 e. The zero-order valence-corrected chi connectivity index (χ0v) is 14.2. The van der Waals surface area contributed by atoms with Crippen LogP contribution in [0.5, 0.6) is 0 Å². The van der Waals surface area contributed by atoms with Gasteiger partial charge in [-0.1, -0.05) is 6.07 Å². The molecular formula is C17H21N4OS+. The number of thiazole rings is 1. The smallest absolute Gasteiger partial charge is 0.231 e. The number of nitrogens with zero attached hydrogens (tertiary/aromatic N) is 2. The number of piperazine rings is 1. The van der Waals surface area contributed by atoms with Crippen LogP contribution in [0.25, 0.3) is 11.3 Å². The quantitative estimate of drug-likeness (QED) is 0.870. The molecule has 1 fully saturated rings. The number of carbonyl (C=O) groups is 1. The van der Waals surface area contributed by atoms with Crippen molar-refractivity contribution < 1.29 is 9.69 Å². The third-order valence-corrected chi connectivity index (χ3v) is 5.75. The van der Waals surface area contributed by atoms with Crippen molar-refractivity contribution in [1.82, 2.24) is 4.98 Å². The Morgan fingerprint density at radius 1 is 1.35 bits per heavy atom. The molecule has 0 radical (unpaired) electrons. The number of likely N-dealkylation sites (N-methyl/N-ethyl adjacent to an activating group) is 1. The van der Waals surface area contributed by atoms with Crippen LogP contribution in [0.15, 0.2) is 23.6 Å². The summed E-state index contributed by atoms with van der Waals surface area (Å²) < 4.78 is 0. The number of nitrogens with one attached hydrogen (secondary N) is 2. The summed E-state index contributed by atoms with van der Waals surface area (Å²) in [5.41, 5.74) is 4.11. The molecule has 0 spiro atoms. The Balaban J connectivity index is 1.59. The van der Waals surface area contributed by atoms with Crippen LogP contribution < -0.4 is 15.1 Å². The molecule has 2 aliphatic rings. The molecule has 23 heavy (non-hydrogen) atoms. The number of carbonyl (C=O) groups excluding carboxylic acids is 1. The van der Waals surface area contributed by atoms with Crippen LogP contribution in [-0.4, -0.2) is 44.1 Å². The monoisotopic (exact) mass is 329 g/mol. The number of hydrogen-bond donors (Lipinski definition) is 2. The summed E-state index contributed by atoms with van der Waals surface area (Å²) in [6.07, 6.45) is 0. The minimum Gasteiger partial charge on any atom is -0.337 e. The molecule has 2 N–H and O–H groups in total. The Morgan fingerprint density at radius 3 is 2.91 bits per heavy atom. The number of benzene rings is 1. The fraction of sp³-hybridized carbons (Fsp3) is 0.412. The Bertz CT molecular complexity index is 749. The van der Waals surface area contributed by atoms with Crippen molar-refractivity contribution in [3.05, 3.63) is 29.1 Å². The van der Waals surface area contributed by atoms with E-state index in [9.17, 15) is 4.79 Å². The molecule has 120 valence electrons. The van der Waals surface area contributed by atoms with Gasteiger partial charge in [0.25, 0.3) is 0 Å². The van der Waals surface area contributed by atoms with Gasteiger partial charge in [0, 0.05) is 16.6 Å². The Morgan fingerprint density at radius 2 is 2.13 bits per heavy atom. The first-order valence-corrected chi connectivity index (χ1v) is 8.97. The summed E-state index contributed by atoms with van der Waals surface area (Å²) in [4.78, 5) is 20.6. The van der Waals surface area contributed by atoms with E-state index in [1.54, 1.807) is 16.2 Å². The summed E-state index contributed by atoms with van der Waals surface area (Å²) in [6, 6.07) is 6.14. The summed E-state index contributed by atoms with van der Waals surface area (Å²) >= 11 is 1.71. The van der Waals surface area contributed by atoms with E-state index < -0.39 is 0 Å². The second kappa shape index (κ2) is 5.62. The molecule has 3 heterocycles. The maximum Gasteiger partial charge on any atom is 0.231 e. The first-order chi connectivity index (χ1) is 11.1. The number of rotatable bonds is 2. The number of amides is 1. The van der Waals surface area contributed by atoms with Gasteiger partial charge in [-0.2, -0.15) is 0 Å². The molecule has 4 rings (SSSR count). The standard InChI is InChI=1S/C17H20N4OS/c1-11-13-9-12(3-4-14(13)18-16(11)22)15-10-23-17(19-15)21-7-5-20(2)6-8-21/h3-4,9-11H,5-8H2,1-2H3,(H,18,22)/p+1/t11-/m1/s1. The van der Waals surface area contributed by atoms with Gasteiger partial charge in [0.15, 0.2) is 5.13 Å². The Kier molecular flexibility index (Phi) is 3.58. The van der Waals surface area contributed by atoms with E-state index >= 15 is 0 Å². The number of quaternary nitrogens is 1. The Labute approximate surface area is 139 Å². The van der Waals surface area contributed by atoms with Gasteiger partial charge in [-0.25, -0.2) is 4.98 Å². The van der Waals surface area contributed by atoms with E-state index in [-0.39, 0.29) is 11.8 Å². The molecule has 2 aliphatic heterocycles. The lowest BCUT2D eigenvalue weighted by Gasteiger charge is -2.29. The molecule has 0 saturated carbocycles. The predicted molar refractivity (Wildman–Crippen MR) is 93.4 cm³/mol. The zero-order chi connectivity index (χ0) is 16.0. The number of aromatic nitrogens is 1. The summed E-state index contributed by atoms with van der Waals surface area (Å²) in [5.74, 6) is -0.000263. The highest BCUT2D eigenvalue weighted by Gasteiger charge is 2.27. The second-order valence-corrected chi connectivity index (χ2v) is 7.31. The SMILES string of the molecule is C[C@H]1C(=O)Nc2ccc(-c3csc(N4CC[NH+](C)CC4)n3)cc21. The molecule has 1 amide bonds. The summed E-state index contributed by atoms with van der Waals surface area (Å²) in [5, 5.41) is 6.15. The van der Waals surface area contributed by atoms with E-state index in [0.29, 0.717) is 0 Å². The fourth-order valence-electron chi connectivity index (χ4n) is 3.20. The van der Waals surface area contributed by atoms with Crippen LogP contribution in [0, 0.1) is 0 Å². The third-order valence-electron chi connectivity index (χ3n) is 4.84. The normalized spacial score (nSPS) is 21.4. The summed E-state index contributed by atoms with van der Waals surface area (Å²) in [7, 11) is 2.24. The molecular weight excluding hydrogens is 308 g/mol. The molecule has 6 heteroatoms. The molecule has 0 bridgehead atoms. The second-order valence-electron chi connectivity index (χ2n) is 6.47. The van der Waals surface area contributed by atoms with E-state index in [1.807, 2.05) is 19.1 Å². The van der Waals surface area contributed by atoms with Gasteiger partial charge in [0.05, 0.1) is 44.8 Å². The molecule has 1 aromatic carbocycles. The predicted octanol–water partition coefficient (Wildman–Crippen LogP) is 1.20. The highest BCUT2D eigenvalue weighted by atomic mass is 32.1. The molecule has 1 aromatic heterocycles. The van der Waals surface area contributed by atoms with E-state index in [2.05, 4.69) is 28.7 Å². The van der Waals surface area contributed by atoms with E-state index in [1.165, 1.54) is 13.1 Å². The van der Waals surface area contributed by atoms with Gasteiger partial charge in [-0.3, -0.25) is 4.79 Å². The minimum absolute atomic E-state index is 0.0797. The van der Waals surface area contributed by atoms with Crippen LogP contribution >= 0.6 is 11.3 Å². The molecule has 5 nitrogen and oxygen atoms in total. The molecule has 0 aliphatic carbocycles. The first kappa shape index (κ1) is 14.7. The summed E-state index contributed by atoms with van der Waals surface area (Å²) in [6.45, 7) is 6.42. The van der Waals surface area contributed by atoms with Gasteiger partial charge in [0.2, 0.25) is 5.91 Å². The molecule has 1 saturated heterocycles. The van der Waals surface area contributed by atoms with Crippen molar-refractivity contribution in [2.24, 2.45) is 0 Å². The van der Waals surface area contributed by atoms with Gasteiger partial charge < -0.3 is 15.1 Å². The van der Waals surface area contributed by atoms with Gasteiger partial charge in [0.1, 0.15) is 0 Å². The maximum absolute atomic E-state index is 11.8. The third kappa shape index (κ3) is 2.62. The van der Waals surface area contributed by atoms with Crippen LogP contribution in [0.2, 0.25) is 0 Å². The highest BCUT2D eigenvalue weighted by molar-refractivity contribution is 7.14. The molecule has 0 unspecified atom stereocenters. The zero-order valence-electron chi connectivity index (χ0n) is 13.4. The first-order valence-electron chi connectivity index (χ1n) is 8.09. The van der Waals surface area contributed by atoms with Crippen molar-refractivity contribution in [2.75, 3.05) is 43.4 Å². The lowest BCUT2D eigenvalue weighted by Crippen LogP contribution is -3.12. The Hall–Kier alpha value is -1.92. The number of fused-ring (bicyclic) bond motifs is 1. The molecule has 1 atom stereocenters. The minimum atomic E-state index is -0.0799. The van der Waals surface area contributed by atoms with Crippen LogP contribution in [-0.2, 0) is 4.79 Å². The van der Waals surface area contributed by atoms with Crippen LogP contribution in [0.1, 0.15) is 18.4 Å². The lowest BCUT2D eigenvalue weighted by molar-refractivity contribution is -0.880. The van der Waals surface area contributed by atoms with Gasteiger partial charge in [-0.05, 0) is 24.6 Å². The highest BCUT2D eigenvalue weighted by Crippen LogP contribution is 2.36. The van der Waals surface area contributed by atoms with E-state index in [0.717, 1.165) is 40.7 Å². The van der Waals surface area contributed by atoms with E-state index in [4.69, 9.17) is 4.98 Å². The number of hydrogen-bond acceptors (Lipinski definition) is 4. The van der Waals surface area contributed by atoms with Gasteiger partial charge >= 0.3 is 0 Å². The average Bonchev–Trinajstić information content (AvgIpc) is 3.14. The number of anilines is 2. The fourth-order valence-corrected chi connectivity index (χ4v) is 4.09.